The Balaban J connectivity index is 1.93. The average Bonchev–Trinajstić information content (AvgIpc) is 2.81. The number of benzene rings is 2. The zero-order chi connectivity index (χ0) is 15.0. The van der Waals surface area contributed by atoms with Crippen LogP contribution in [0.25, 0.3) is 10.9 Å². The minimum absolute atomic E-state index is 0.116. The van der Waals surface area contributed by atoms with Crippen LogP contribution < -0.4 is 5.73 Å². The van der Waals surface area contributed by atoms with Gasteiger partial charge < -0.3 is 5.73 Å². The van der Waals surface area contributed by atoms with Crippen molar-refractivity contribution >= 4 is 22.5 Å². The molecule has 21 heavy (non-hydrogen) atoms. The Bertz CT molecular complexity index is 797. The van der Waals surface area contributed by atoms with Crippen molar-refractivity contribution in [3.8, 4) is 0 Å². The summed E-state index contributed by atoms with van der Waals surface area (Å²) >= 11 is 5.81. The summed E-state index contributed by atoms with van der Waals surface area (Å²) < 4.78 is 15.0. The van der Waals surface area contributed by atoms with Crippen LogP contribution in [-0.4, -0.2) is 9.78 Å². The number of fused-ring (bicyclic) bond motifs is 1. The van der Waals surface area contributed by atoms with Crippen molar-refractivity contribution in [2.45, 2.75) is 12.5 Å². The first-order chi connectivity index (χ1) is 10.1. The number of nitrogens with two attached hydrogens (primary N) is 1. The average molecular weight is 304 g/mol. The molecule has 0 saturated carbocycles. The van der Waals surface area contributed by atoms with Crippen LogP contribution in [0, 0.1) is 5.82 Å². The molecule has 3 nitrogen and oxygen atoms in total. The number of para-hydroxylation sites is 1. The van der Waals surface area contributed by atoms with E-state index in [-0.39, 0.29) is 11.1 Å². The van der Waals surface area contributed by atoms with Crippen molar-refractivity contribution in [2.75, 3.05) is 0 Å². The van der Waals surface area contributed by atoms with Crippen LogP contribution in [0.15, 0.2) is 42.5 Å². The van der Waals surface area contributed by atoms with E-state index in [1.807, 2.05) is 36.0 Å². The zero-order valence-electron chi connectivity index (χ0n) is 11.6. The highest BCUT2D eigenvalue weighted by atomic mass is 35.5. The van der Waals surface area contributed by atoms with Crippen molar-refractivity contribution in [2.24, 2.45) is 12.8 Å². The van der Waals surface area contributed by atoms with E-state index in [2.05, 4.69) is 5.10 Å². The Kier molecular flexibility index (Phi) is 3.66. The lowest BCUT2D eigenvalue weighted by atomic mass is 10.0. The fourth-order valence-corrected chi connectivity index (χ4v) is 2.74. The minimum Gasteiger partial charge on any atom is -0.322 e. The SMILES string of the molecule is Cn1nc(C(N)Cc2ccc(F)c(Cl)c2)c2ccccc21. The lowest BCUT2D eigenvalue weighted by Gasteiger charge is -2.10. The Morgan fingerprint density at radius 3 is 2.81 bits per heavy atom. The smallest absolute Gasteiger partial charge is 0.141 e. The molecule has 0 saturated heterocycles. The van der Waals surface area contributed by atoms with Gasteiger partial charge in [-0.15, -0.1) is 0 Å². The van der Waals surface area contributed by atoms with Gasteiger partial charge in [0, 0.05) is 12.4 Å². The molecule has 0 fully saturated rings. The van der Waals surface area contributed by atoms with Gasteiger partial charge in [-0.25, -0.2) is 4.39 Å². The molecule has 0 radical (unpaired) electrons. The fourth-order valence-electron chi connectivity index (χ4n) is 2.53. The van der Waals surface area contributed by atoms with Crippen molar-refractivity contribution in [3.05, 3.63) is 64.6 Å². The van der Waals surface area contributed by atoms with E-state index in [4.69, 9.17) is 17.3 Å². The van der Waals surface area contributed by atoms with Gasteiger partial charge in [-0.1, -0.05) is 35.9 Å². The molecule has 0 amide bonds. The van der Waals surface area contributed by atoms with Gasteiger partial charge in [0.25, 0.3) is 0 Å². The van der Waals surface area contributed by atoms with Crippen molar-refractivity contribution in [1.29, 1.82) is 0 Å². The Labute approximate surface area is 127 Å². The summed E-state index contributed by atoms with van der Waals surface area (Å²) in [5.41, 5.74) is 9.06. The standard InChI is InChI=1S/C16H15ClFN3/c1-21-15-5-3-2-4-11(15)16(20-21)14(19)9-10-6-7-13(18)12(17)8-10/h2-8,14H,9,19H2,1H3. The van der Waals surface area contributed by atoms with E-state index >= 15 is 0 Å². The Morgan fingerprint density at radius 1 is 1.29 bits per heavy atom. The molecule has 0 bridgehead atoms. The molecule has 108 valence electrons. The Hall–Kier alpha value is -1.91. The van der Waals surface area contributed by atoms with Crippen LogP contribution in [-0.2, 0) is 13.5 Å². The largest absolute Gasteiger partial charge is 0.322 e. The van der Waals surface area contributed by atoms with Crippen molar-refractivity contribution in [3.63, 3.8) is 0 Å². The fraction of sp³-hybridized carbons (Fsp3) is 0.188. The van der Waals surface area contributed by atoms with Crippen LogP contribution >= 0.6 is 11.6 Å². The van der Waals surface area contributed by atoms with Gasteiger partial charge >= 0.3 is 0 Å². The van der Waals surface area contributed by atoms with Gasteiger partial charge in [-0.05, 0) is 30.2 Å². The van der Waals surface area contributed by atoms with Crippen LogP contribution in [0.5, 0.6) is 0 Å². The highest BCUT2D eigenvalue weighted by Crippen LogP contribution is 2.25. The summed E-state index contributed by atoms with van der Waals surface area (Å²) in [6, 6.07) is 12.4. The molecule has 1 unspecified atom stereocenters. The van der Waals surface area contributed by atoms with Gasteiger partial charge in [-0.2, -0.15) is 5.10 Å². The quantitative estimate of drug-likeness (QED) is 0.803. The number of hydrogen-bond donors (Lipinski definition) is 1. The predicted molar refractivity (Wildman–Crippen MR) is 82.8 cm³/mol. The second-order valence-electron chi connectivity index (χ2n) is 5.09. The Morgan fingerprint density at radius 2 is 2.05 bits per heavy atom. The van der Waals surface area contributed by atoms with E-state index in [0.29, 0.717) is 6.42 Å². The second kappa shape index (κ2) is 5.47. The number of nitrogens with zero attached hydrogens (tertiary/aromatic N) is 2. The zero-order valence-corrected chi connectivity index (χ0v) is 12.3. The summed E-state index contributed by atoms with van der Waals surface area (Å²) in [6.45, 7) is 0. The van der Waals surface area contributed by atoms with E-state index < -0.39 is 5.82 Å². The molecule has 1 aromatic heterocycles. The third-order valence-corrected chi connectivity index (χ3v) is 3.87. The van der Waals surface area contributed by atoms with E-state index in [9.17, 15) is 4.39 Å². The van der Waals surface area contributed by atoms with Gasteiger partial charge in [0.2, 0.25) is 0 Å². The summed E-state index contributed by atoms with van der Waals surface area (Å²) in [5, 5.41) is 5.67. The van der Waals surface area contributed by atoms with Crippen molar-refractivity contribution < 1.29 is 4.39 Å². The lowest BCUT2D eigenvalue weighted by molar-refractivity contribution is 0.624. The molecule has 3 rings (SSSR count). The van der Waals surface area contributed by atoms with Gasteiger partial charge in [-0.3, -0.25) is 4.68 Å². The first-order valence-corrected chi connectivity index (χ1v) is 7.05. The summed E-state index contributed by atoms with van der Waals surface area (Å²) in [5.74, 6) is -0.419. The summed E-state index contributed by atoms with van der Waals surface area (Å²) in [7, 11) is 1.90. The molecule has 0 spiro atoms. The van der Waals surface area contributed by atoms with Gasteiger partial charge in [0.1, 0.15) is 5.82 Å². The maximum Gasteiger partial charge on any atom is 0.141 e. The van der Waals surface area contributed by atoms with Crippen molar-refractivity contribution in [1.82, 2.24) is 9.78 Å². The minimum atomic E-state index is -0.419. The number of rotatable bonds is 3. The molecular formula is C16H15ClFN3. The number of aromatic nitrogens is 2. The molecule has 2 aromatic carbocycles. The molecular weight excluding hydrogens is 289 g/mol. The number of halogens is 2. The maximum absolute atomic E-state index is 13.2. The van der Waals surface area contributed by atoms with Gasteiger partial charge in [0.15, 0.2) is 0 Å². The highest BCUT2D eigenvalue weighted by molar-refractivity contribution is 6.30. The molecule has 3 aromatic rings. The molecule has 1 atom stereocenters. The predicted octanol–water partition coefficient (Wildman–Crippen LogP) is 3.61. The van der Waals surface area contributed by atoms with Crippen LogP contribution in [0.2, 0.25) is 5.02 Å². The molecule has 5 heteroatoms. The number of aryl methyl sites for hydroxylation is 1. The first kappa shape index (κ1) is 14.0. The monoisotopic (exact) mass is 303 g/mol. The summed E-state index contributed by atoms with van der Waals surface area (Å²) in [4.78, 5) is 0. The van der Waals surface area contributed by atoms with Crippen LogP contribution in [0.3, 0.4) is 0 Å². The normalized spacial score (nSPS) is 12.8. The second-order valence-corrected chi connectivity index (χ2v) is 5.49. The van der Waals surface area contributed by atoms with E-state index in [0.717, 1.165) is 22.2 Å². The first-order valence-electron chi connectivity index (χ1n) is 6.67. The molecule has 1 heterocycles. The molecule has 0 aliphatic heterocycles. The number of hydrogen-bond acceptors (Lipinski definition) is 2. The lowest BCUT2D eigenvalue weighted by Crippen LogP contribution is -2.14. The molecule has 2 N–H and O–H groups in total. The van der Waals surface area contributed by atoms with Crippen LogP contribution in [0.4, 0.5) is 4.39 Å². The van der Waals surface area contributed by atoms with Crippen LogP contribution in [0.1, 0.15) is 17.3 Å². The topological polar surface area (TPSA) is 43.8 Å². The maximum atomic E-state index is 13.2. The van der Waals surface area contributed by atoms with E-state index in [1.165, 1.54) is 6.07 Å². The third kappa shape index (κ3) is 2.64. The molecule has 0 aliphatic rings. The summed E-state index contributed by atoms with van der Waals surface area (Å²) in [6.07, 6.45) is 0.557. The third-order valence-electron chi connectivity index (χ3n) is 3.58. The highest BCUT2D eigenvalue weighted by Gasteiger charge is 2.16. The van der Waals surface area contributed by atoms with Gasteiger partial charge in [0.05, 0.1) is 22.3 Å². The van der Waals surface area contributed by atoms with E-state index in [1.54, 1.807) is 12.1 Å². The molecule has 0 aliphatic carbocycles.